The number of aromatic nitrogens is 1. The number of carbonyl (C=O) groups excluding carboxylic acids is 1. The van der Waals surface area contributed by atoms with E-state index in [1.807, 2.05) is 11.8 Å². The van der Waals surface area contributed by atoms with E-state index in [2.05, 4.69) is 11.9 Å². The van der Waals surface area contributed by atoms with E-state index < -0.39 is 0 Å². The van der Waals surface area contributed by atoms with Gasteiger partial charge in [0.25, 0.3) is 5.91 Å². The Kier molecular flexibility index (Phi) is 4.18. The molecular weight excluding hydrogens is 228 g/mol. The SMILES string of the molecule is CCOc1ncccc1C(=O)N1CCC(C)CC1. The van der Waals surface area contributed by atoms with Crippen molar-refractivity contribution in [1.29, 1.82) is 0 Å². The van der Waals surface area contributed by atoms with Gasteiger partial charge in [-0.25, -0.2) is 4.98 Å². The van der Waals surface area contributed by atoms with Gasteiger partial charge in [-0.1, -0.05) is 6.92 Å². The third-order valence-corrected chi connectivity index (χ3v) is 3.35. The zero-order valence-electron chi connectivity index (χ0n) is 11.1. The maximum Gasteiger partial charge on any atom is 0.259 e. The van der Waals surface area contributed by atoms with Gasteiger partial charge < -0.3 is 9.64 Å². The lowest BCUT2D eigenvalue weighted by Gasteiger charge is -2.30. The van der Waals surface area contributed by atoms with Crippen molar-refractivity contribution in [2.45, 2.75) is 26.7 Å². The predicted octanol–water partition coefficient (Wildman–Crippen LogP) is 2.35. The number of hydrogen-bond donors (Lipinski definition) is 0. The fourth-order valence-electron chi connectivity index (χ4n) is 2.19. The Morgan fingerprint density at radius 3 is 2.89 bits per heavy atom. The van der Waals surface area contributed by atoms with Crippen molar-refractivity contribution in [3.05, 3.63) is 23.9 Å². The second-order valence-corrected chi connectivity index (χ2v) is 4.76. The number of hydrogen-bond acceptors (Lipinski definition) is 3. The molecule has 1 aliphatic heterocycles. The fraction of sp³-hybridized carbons (Fsp3) is 0.571. The van der Waals surface area contributed by atoms with Crippen molar-refractivity contribution >= 4 is 5.91 Å². The minimum Gasteiger partial charge on any atom is -0.477 e. The van der Waals surface area contributed by atoms with Crippen LogP contribution in [0.5, 0.6) is 5.88 Å². The number of likely N-dealkylation sites (tertiary alicyclic amines) is 1. The van der Waals surface area contributed by atoms with Gasteiger partial charge in [-0.05, 0) is 37.8 Å². The van der Waals surface area contributed by atoms with Crippen molar-refractivity contribution in [1.82, 2.24) is 9.88 Å². The van der Waals surface area contributed by atoms with Gasteiger partial charge in [-0.15, -0.1) is 0 Å². The monoisotopic (exact) mass is 248 g/mol. The molecule has 0 unspecified atom stereocenters. The summed E-state index contributed by atoms with van der Waals surface area (Å²) >= 11 is 0. The van der Waals surface area contributed by atoms with Gasteiger partial charge in [0.2, 0.25) is 5.88 Å². The highest BCUT2D eigenvalue weighted by molar-refractivity contribution is 5.96. The summed E-state index contributed by atoms with van der Waals surface area (Å²) in [4.78, 5) is 18.4. The molecule has 18 heavy (non-hydrogen) atoms. The minimum absolute atomic E-state index is 0.0402. The molecule has 98 valence electrons. The third-order valence-electron chi connectivity index (χ3n) is 3.35. The zero-order chi connectivity index (χ0) is 13.0. The number of piperidine rings is 1. The maximum atomic E-state index is 12.4. The van der Waals surface area contributed by atoms with Crippen LogP contribution in [0.2, 0.25) is 0 Å². The summed E-state index contributed by atoms with van der Waals surface area (Å²) in [7, 11) is 0. The van der Waals surface area contributed by atoms with Gasteiger partial charge in [0, 0.05) is 19.3 Å². The van der Waals surface area contributed by atoms with Crippen LogP contribution in [0.25, 0.3) is 0 Å². The summed E-state index contributed by atoms with van der Waals surface area (Å²) in [6, 6.07) is 3.57. The van der Waals surface area contributed by atoms with E-state index in [1.54, 1.807) is 18.3 Å². The van der Waals surface area contributed by atoms with Crippen molar-refractivity contribution in [3.8, 4) is 5.88 Å². The first-order chi connectivity index (χ1) is 8.72. The molecule has 1 aromatic rings. The van der Waals surface area contributed by atoms with Crippen LogP contribution in [-0.2, 0) is 0 Å². The molecule has 4 heteroatoms. The molecule has 2 heterocycles. The number of rotatable bonds is 3. The van der Waals surface area contributed by atoms with Crippen molar-refractivity contribution in [2.75, 3.05) is 19.7 Å². The van der Waals surface area contributed by atoms with Gasteiger partial charge in [0.1, 0.15) is 5.56 Å². The minimum atomic E-state index is 0.0402. The number of nitrogens with zero attached hydrogens (tertiary/aromatic N) is 2. The van der Waals surface area contributed by atoms with Crippen LogP contribution >= 0.6 is 0 Å². The van der Waals surface area contributed by atoms with E-state index in [1.165, 1.54) is 0 Å². The van der Waals surface area contributed by atoms with Crippen LogP contribution in [0.4, 0.5) is 0 Å². The van der Waals surface area contributed by atoms with Gasteiger partial charge >= 0.3 is 0 Å². The van der Waals surface area contributed by atoms with Crippen LogP contribution in [0.3, 0.4) is 0 Å². The molecule has 0 N–H and O–H groups in total. The van der Waals surface area contributed by atoms with E-state index in [0.717, 1.165) is 25.9 Å². The van der Waals surface area contributed by atoms with Crippen LogP contribution in [-0.4, -0.2) is 35.5 Å². The van der Waals surface area contributed by atoms with E-state index in [0.29, 0.717) is 24.0 Å². The standard InChI is InChI=1S/C14H20N2O2/c1-3-18-13-12(5-4-8-15-13)14(17)16-9-6-11(2)7-10-16/h4-5,8,11H,3,6-7,9-10H2,1-2H3. The fourth-order valence-corrected chi connectivity index (χ4v) is 2.19. The Morgan fingerprint density at radius 2 is 2.22 bits per heavy atom. The zero-order valence-corrected chi connectivity index (χ0v) is 11.1. The molecule has 0 aromatic carbocycles. The van der Waals surface area contributed by atoms with Crippen LogP contribution in [0.1, 0.15) is 37.0 Å². The van der Waals surface area contributed by atoms with Crippen LogP contribution in [0.15, 0.2) is 18.3 Å². The molecule has 4 nitrogen and oxygen atoms in total. The average molecular weight is 248 g/mol. The number of pyridine rings is 1. The lowest BCUT2D eigenvalue weighted by molar-refractivity contribution is 0.0692. The van der Waals surface area contributed by atoms with Gasteiger partial charge in [0.05, 0.1) is 6.61 Å². The molecule has 1 saturated heterocycles. The molecular formula is C14H20N2O2. The first-order valence-corrected chi connectivity index (χ1v) is 6.59. The van der Waals surface area contributed by atoms with Crippen molar-refractivity contribution < 1.29 is 9.53 Å². The Labute approximate surface area is 108 Å². The highest BCUT2D eigenvalue weighted by Gasteiger charge is 2.24. The molecule has 1 amide bonds. The second-order valence-electron chi connectivity index (χ2n) is 4.76. The normalized spacial score (nSPS) is 16.7. The van der Waals surface area contributed by atoms with E-state index >= 15 is 0 Å². The van der Waals surface area contributed by atoms with Crippen LogP contribution in [0, 0.1) is 5.92 Å². The lowest BCUT2D eigenvalue weighted by atomic mass is 9.99. The second kappa shape index (κ2) is 5.85. The molecule has 2 rings (SSSR count). The number of ether oxygens (including phenoxy) is 1. The topological polar surface area (TPSA) is 42.4 Å². The van der Waals surface area contributed by atoms with Crippen molar-refractivity contribution in [2.24, 2.45) is 5.92 Å². The summed E-state index contributed by atoms with van der Waals surface area (Å²) in [5, 5.41) is 0. The first-order valence-electron chi connectivity index (χ1n) is 6.59. The molecule has 1 aromatic heterocycles. The molecule has 0 radical (unpaired) electrons. The predicted molar refractivity (Wildman–Crippen MR) is 69.7 cm³/mol. The Balaban J connectivity index is 2.13. The lowest BCUT2D eigenvalue weighted by Crippen LogP contribution is -2.38. The summed E-state index contributed by atoms with van der Waals surface area (Å²) in [5.41, 5.74) is 0.578. The molecule has 0 spiro atoms. The number of carbonyl (C=O) groups is 1. The van der Waals surface area contributed by atoms with Gasteiger partial charge in [-0.2, -0.15) is 0 Å². The summed E-state index contributed by atoms with van der Waals surface area (Å²) < 4.78 is 5.41. The molecule has 0 saturated carbocycles. The highest BCUT2D eigenvalue weighted by Crippen LogP contribution is 2.21. The number of amides is 1. The Hall–Kier alpha value is -1.58. The smallest absolute Gasteiger partial charge is 0.259 e. The molecule has 1 fully saturated rings. The van der Waals surface area contributed by atoms with E-state index in [-0.39, 0.29) is 5.91 Å². The summed E-state index contributed by atoms with van der Waals surface area (Å²) in [5.74, 6) is 1.20. The Bertz CT molecular complexity index is 412. The maximum absolute atomic E-state index is 12.4. The molecule has 0 aliphatic carbocycles. The third kappa shape index (κ3) is 2.81. The quantitative estimate of drug-likeness (QED) is 0.824. The molecule has 1 aliphatic rings. The molecule has 0 bridgehead atoms. The largest absolute Gasteiger partial charge is 0.477 e. The van der Waals surface area contributed by atoms with E-state index in [9.17, 15) is 4.79 Å². The van der Waals surface area contributed by atoms with Gasteiger partial charge in [0.15, 0.2) is 0 Å². The Morgan fingerprint density at radius 1 is 1.50 bits per heavy atom. The average Bonchev–Trinajstić information content (AvgIpc) is 2.40. The van der Waals surface area contributed by atoms with Gasteiger partial charge in [-0.3, -0.25) is 4.79 Å². The summed E-state index contributed by atoms with van der Waals surface area (Å²) in [6.07, 6.45) is 3.81. The summed E-state index contributed by atoms with van der Waals surface area (Å²) in [6.45, 7) is 6.32. The first kappa shape index (κ1) is 12.9. The van der Waals surface area contributed by atoms with Crippen molar-refractivity contribution in [3.63, 3.8) is 0 Å². The highest BCUT2D eigenvalue weighted by atomic mass is 16.5. The van der Waals surface area contributed by atoms with E-state index in [4.69, 9.17) is 4.74 Å². The molecule has 0 atom stereocenters. The van der Waals surface area contributed by atoms with Crippen LogP contribution < -0.4 is 4.74 Å².